The molecule has 0 saturated carbocycles. The molecule has 1 aromatic heterocycles. The van der Waals surface area contributed by atoms with Crippen LogP contribution in [-0.4, -0.2) is 18.2 Å². The van der Waals surface area contributed by atoms with Gasteiger partial charge in [-0.2, -0.15) is 0 Å². The summed E-state index contributed by atoms with van der Waals surface area (Å²) in [5.74, 6) is 0.278. The second kappa shape index (κ2) is 8.35. The largest absolute Gasteiger partial charge is 0.479 e. The van der Waals surface area contributed by atoms with Crippen molar-refractivity contribution in [1.82, 2.24) is 0 Å². The van der Waals surface area contributed by atoms with Crippen molar-refractivity contribution in [1.29, 1.82) is 0 Å². The van der Waals surface area contributed by atoms with E-state index >= 15 is 0 Å². The summed E-state index contributed by atoms with van der Waals surface area (Å²) in [7, 11) is 0. The van der Waals surface area contributed by atoms with Gasteiger partial charge >= 0.3 is 5.97 Å². The Morgan fingerprint density at radius 3 is 2.54 bits per heavy atom. The zero-order valence-electron chi connectivity index (χ0n) is 15.6. The van der Waals surface area contributed by atoms with Crippen LogP contribution in [0.1, 0.15) is 20.8 Å². The fourth-order valence-electron chi connectivity index (χ4n) is 2.46. The molecule has 0 bridgehead atoms. The van der Waals surface area contributed by atoms with Gasteiger partial charge in [-0.3, -0.25) is 4.79 Å². The van der Waals surface area contributed by atoms with Gasteiger partial charge in [-0.15, -0.1) is 0 Å². The average molecular weight is 403 g/mol. The number of benzene rings is 2. The lowest BCUT2D eigenvalue weighted by molar-refractivity contribution is -0.154. The lowest BCUT2D eigenvalue weighted by Gasteiger charge is -2.16. The van der Waals surface area contributed by atoms with Gasteiger partial charge in [-0.25, -0.2) is 4.79 Å². The topological polar surface area (TPSA) is 75.0 Å². The van der Waals surface area contributed by atoms with E-state index in [9.17, 15) is 9.59 Å². The first-order valence-electron chi connectivity index (χ1n) is 8.70. The van der Waals surface area contributed by atoms with Crippen molar-refractivity contribution < 1.29 is 23.4 Å². The van der Waals surface area contributed by atoms with Crippen molar-refractivity contribution in [3.8, 4) is 17.2 Å². The highest BCUT2D eigenvalue weighted by atomic mass is 35.5. The summed E-state index contributed by atoms with van der Waals surface area (Å²) in [6.07, 6.45) is 0.188. The van der Waals surface area contributed by atoms with Gasteiger partial charge in [0.2, 0.25) is 11.2 Å². The van der Waals surface area contributed by atoms with Gasteiger partial charge in [-0.1, -0.05) is 23.7 Å². The molecule has 0 saturated heterocycles. The zero-order chi connectivity index (χ0) is 20.3. The maximum atomic E-state index is 12.7. The van der Waals surface area contributed by atoms with Crippen molar-refractivity contribution in [3.63, 3.8) is 0 Å². The molecule has 0 radical (unpaired) electrons. The van der Waals surface area contributed by atoms with E-state index in [0.717, 1.165) is 0 Å². The molecular formula is C21H19ClO6. The fourth-order valence-corrected chi connectivity index (χ4v) is 2.64. The molecule has 3 rings (SSSR count). The Kier molecular flexibility index (Phi) is 5.90. The van der Waals surface area contributed by atoms with Gasteiger partial charge in [0.05, 0.1) is 16.5 Å². The van der Waals surface area contributed by atoms with Crippen LogP contribution in [-0.2, 0) is 9.53 Å². The molecule has 1 atom stereocenters. The quantitative estimate of drug-likeness (QED) is 0.542. The van der Waals surface area contributed by atoms with E-state index in [-0.39, 0.29) is 17.3 Å². The first kappa shape index (κ1) is 19.8. The number of halogens is 1. The molecule has 28 heavy (non-hydrogen) atoms. The average Bonchev–Trinajstić information content (AvgIpc) is 2.65. The summed E-state index contributed by atoms with van der Waals surface area (Å²) in [5, 5.41) is 0.697. The summed E-state index contributed by atoms with van der Waals surface area (Å²) in [6.45, 7) is 5.11. The maximum Gasteiger partial charge on any atom is 0.347 e. The molecule has 146 valence electrons. The van der Waals surface area contributed by atoms with E-state index in [1.165, 1.54) is 12.3 Å². The number of carbonyl (C=O) groups is 1. The Morgan fingerprint density at radius 1 is 1.07 bits per heavy atom. The van der Waals surface area contributed by atoms with Crippen molar-refractivity contribution in [2.24, 2.45) is 0 Å². The van der Waals surface area contributed by atoms with Crippen LogP contribution < -0.4 is 14.9 Å². The Balaban J connectivity index is 1.83. The molecule has 0 N–H and O–H groups in total. The smallest absolute Gasteiger partial charge is 0.347 e. The number of fused-ring (bicyclic) bond motifs is 1. The zero-order valence-corrected chi connectivity index (χ0v) is 16.4. The number of ether oxygens (including phenoxy) is 3. The Hall–Kier alpha value is -2.99. The predicted molar refractivity (Wildman–Crippen MR) is 105 cm³/mol. The number of rotatable bonds is 6. The van der Waals surface area contributed by atoms with Crippen LogP contribution in [0.15, 0.2) is 57.9 Å². The molecule has 0 spiro atoms. The number of esters is 1. The van der Waals surface area contributed by atoms with Gasteiger partial charge in [0.15, 0.2) is 6.10 Å². The van der Waals surface area contributed by atoms with Gasteiger partial charge in [0.1, 0.15) is 23.3 Å². The van der Waals surface area contributed by atoms with Gasteiger partial charge in [-0.05, 0) is 45.0 Å². The van der Waals surface area contributed by atoms with Crippen LogP contribution in [0.3, 0.4) is 0 Å². The SMILES string of the molecule is CC(C)OC(=O)[C@@H](C)Oc1ccc2c(=O)c(Oc3ccccc3Cl)coc2c1. The summed E-state index contributed by atoms with van der Waals surface area (Å²) in [4.78, 5) is 24.5. The van der Waals surface area contributed by atoms with Crippen molar-refractivity contribution in [3.05, 3.63) is 64.0 Å². The lowest BCUT2D eigenvalue weighted by atomic mass is 10.2. The molecule has 1 heterocycles. The van der Waals surface area contributed by atoms with Crippen LogP contribution in [0.4, 0.5) is 0 Å². The summed E-state index contributed by atoms with van der Waals surface area (Å²) < 4.78 is 21.8. The van der Waals surface area contributed by atoms with E-state index in [4.69, 9.17) is 30.2 Å². The monoisotopic (exact) mass is 402 g/mol. The van der Waals surface area contributed by atoms with E-state index in [2.05, 4.69) is 0 Å². The van der Waals surface area contributed by atoms with Gasteiger partial charge in [0, 0.05) is 6.07 Å². The predicted octanol–water partition coefficient (Wildman–Crippen LogP) is 4.96. The molecule has 6 nitrogen and oxygen atoms in total. The highest BCUT2D eigenvalue weighted by Gasteiger charge is 2.18. The second-order valence-corrected chi connectivity index (χ2v) is 6.77. The number of hydrogen-bond acceptors (Lipinski definition) is 6. The van der Waals surface area contributed by atoms with Crippen LogP contribution in [0.25, 0.3) is 11.0 Å². The van der Waals surface area contributed by atoms with Crippen molar-refractivity contribution in [2.75, 3.05) is 0 Å². The van der Waals surface area contributed by atoms with E-state index in [0.29, 0.717) is 27.5 Å². The van der Waals surface area contributed by atoms with Crippen molar-refractivity contribution >= 4 is 28.5 Å². The summed E-state index contributed by atoms with van der Waals surface area (Å²) in [6, 6.07) is 11.5. The number of carbonyl (C=O) groups excluding carboxylic acids is 1. The molecule has 0 fully saturated rings. The van der Waals surface area contributed by atoms with Crippen molar-refractivity contribution in [2.45, 2.75) is 33.0 Å². The van der Waals surface area contributed by atoms with Crippen LogP contribution in [0.5, 0.6) is 17.2 Å². The number of hydrogen-bond donors (Lipinski definition) is 0. The Bertz CT molecular complexity index is 1060. The normalized spacial score (nSPS) is 12.0. The summed E-state index contributed by atoms with van der Waals surface area (Å²) in [5.41, 5.74) is -0.0431. The first-order chi connectivity index (χ1) is 13.3. The highest BCUT2D eigenvalue weighted by Crippen LogP contribution is 2.29. The molecule has 0 aliphatic rings. The Morgan fingerprint density at radius 2 is 1.82 bits per heavy atom. The third kappa shape index (κ3) is 4.46. The minimum absolute atomic E-state index is 0.0168. The van der Waals surface area contributed by atoms with E-state index < -0.39 is 12.1 Å². The number of para-hydroxylation sites is 1. The van der Waals surface area contributed by atoms with Crippen LogP contribution in [0.2, 0.25) is 5.02 Å². The third-order valence-corrected chi connectivity index (χ3v) is 4.08. The highest BCUT2D eigenvalue weighted by molar-refractivity contribution is 6.32. The molecule has 0 aliphatic heterocycles. The summed E-state index contributed by atoms with van der Waals surface area (Å²) >= 11 is 6.06. The van der Waals surface area contributed by atoms with E-state index in [1.54, 1.807) is 57.2 Å². The van der Waals surface area contributed by atoms with Gasteiger partial charge in [0.25, 0.3) is 0 Å². The molecule has 3 aromatic rings. The molecular weight excluding hydrogens is 384 g/mol. The first-order valence-corrected chi connectivity index (χ1v) is 9.08. The van der Waals surface area contributed by atoms with Crippen LogP contribution in [0, 0.1) is 0 Å². The maximum absolute atomic E-state index is 12.7. The molecule has 0 amide bonds. The standard InChI is InChI=1S/C21H19ClO6/c1-12(2)26-21(24)13(3)27-14-8-9-15-18(10-14)25-11-19(20(15)23)28-17-7-5-4-6-16(17)22/h4-13H,1-3H3/t13-/m1/s1. The van der Waals surface area contributed by atoms with E-state index in [1.807, 2.05) is 0 Å². The molecule has 0 aliphatic carbocycles. The molecule has 7 heteroatoms. The second-order valence-electron chi connectivity index (χ2n) is 6.37. The lowest BCUT2D eigenvalue weighted by Crippen LogP contribution is -2.28. The third-order valence-electron chi connectivity index (χ3n) is 3.77. The molecule has 0 unspecified atom stereocenters. The minimum atomic E-state index is -0.797. The molecule has 2 aromatic carbocycles. The Labute approximate surface area is 166 Å². The minimum Gasteiger partial charge on any atom is -0.479 e. The van der Waals surface area contributed by atoms with Crippen LogP contribution >= 0.6 is 11.6 Å². The van der Waals surface area contributed by atoms with Gasteiger partial charge < -0.3 is 18.6 Å². The fraction of sp³-hybridized carbons (Fsp3) is 0.238.